The van der Waals surface area contributed by atoms with E-state index < -0.39 is 0 Å². The number of para-hydroxylation sites is 1. The summed E-state index contributed by atoms with van der Waals surface area (Å²) in [7, 11) is 1.67. The molecule has 118 valence electrons. The van der Waals surface area contributed by atoms with Crippen LogP contribution in [0.5, 0.6) is 11.5 Å². The minimum absolute atomic E-state index is 0.490. The Balaban J connectivity index is 2.44. The van der Waals surface area contributed by atoms with Gasteiger partial charge in [-0.05, 0) is 19.0 Å². The van der Waals surface area contributed by atoms with E-state index in [2.05, 4.69) is 24.9 Å². The highest BCUT2D eigenvalue weighted by atomic mass is 16.5. The molecule has 0 radical (unpaired) electrons. The first-order chi connectivity index (χ1) is 10.3. The van der Waals surface area contributed by atoms with Crippen molar-refractivity contribution >= 4 is 0 Å². The Morgan fingerprint density at radius 2 is 2.00 bits per heavy atom. The van der Waals surface area contributed by atoms with Crippen LogP contribution in [0.4, 0.5) is 0 Å². The maximum absolute atomic E-state index is 5.74. The third kappa shape index (κ3) is 6.67. The van der Waals surface area contributed by atoms with Gasteiger partial charge in [-0.2, -0.15) is 0 Å². The van der Waals surface area contributed by atoms with Crippen LogP contribution in [-0.2, 0) is 6.54 Å². The molecule has 3 heteroatoms. The zero-order chi connectivity index (χ0) is 15.3. The predicted molar refractivity (Wildman–Crippen MR) is 89.2 cm³/mol. The fourth-order valence-corrected chi connectivity index (χ4v) is 2.24. The highest BCUT2D eigenvalue weighted by molar-refractivity contribution is 5.46. The Morgan fingerprint density at radius 1 is 1.19 bits per heavy atom. The molecular formula is C18H29NO2. The van der Waals surface area contributed by atoms with Crippen LogP contribution in [-0.4, -0.2) is 20.3 Å². The molecule has 21 heavy (non-hydrogen) atoms. The first-order valence-electron chi connectivity index (χ1n) is 7.93. The molecule has 0 atom stereocenters. The third-order valence-electron chi connectivity index (χ3n) is 3.40. The molecule has 1 aromatic carbocycles. The fraction of sp³-hybridized carbons (Fsp3) is 0.556. The van der Waals surface area contributed by atoms with Crippen molar-refractivity contribution in [1.82, 2.24) is 5.32 Å². The molecule has 0 aliphatic rings. The molecular weight excluding hydrogens is 262 g/mol. The average Bonchev–Trinajstić information content (AvgIpc) is 2.52. The van der Waals surface area contributed by atoms with Gasteiger partial charge >= 0.3 is 0 Å². The minimum atomic E-state index is 0.490. The highest BCUT2D eigenvalue weighted by Gasteiger charge is 2.09. The van der Waals surface area contributed by atoms with Crippen LogP contribution in [0.1, 0.15) is 44.6 Å². The van der Waals surface area contributed by atoms with Crippen molar-refractivity contribution in [3.05, 3.63) is 36.4 Å². The second-order valence-electron chi connectivity index (χ2n) is 5.14. The van der Waals surface area contributed by atoms with Crippen molar-refractivity contribution in [3.63, 3.8) is 0 Å². The van der Waals surface area contributed by atoms with E-state index in [9.17, 15) is 0 Å². The maximum atomic E-state index is 5.74. The highest BCUT2D eigenvalue weighted by Crippen LogP contribution is 2.31. The Hall–Kier alpha value is -1.48. The zero-order valence-electron chi connectivity index (χ0n) is 13.5. The molecule has 0 heterocycles. The van der Waals surface area contributed by atoms with Crippen molar-refractivity contribution in [2.45, 2.75) is 45.6 Å². The number of nitrogens with one attached hydrogen (secondary N) is 1. The molecule has 0 aliphatic heterocycles. The third-order valence-corrected chi connectivity index (χ3v) is 3.40. The van der Waals surface area contributed by atoms with Crippen molar-refractivity contribution in [3.8, 4) is 11.5 Å². The molecule has 0 amide bonds. The second kappa shape index (κ2) is 11.2. The van der Waals surface area contributed by atoms with Gasteiger partial charge in [-0.1, -0.05) is 57.4 Å². The summed E-state index contributed by atoms with van der Waals surface area (Å²) in [5.74, 6) is 1.59. The van der Waals surface area contributed by atoms with Gasteiger partial charge in [-0.3, -0.25) is 0 Å². The molecule has 0 bridgehead atoms. The average molecular weight is 291 g/mol. The number of benzene rings is 1. The molecule has 1 aromatic rings. The number of unbranched alkanes of at least 4 members (excludes halogenated alkanes) is 4. The van der Waals surface area contributed by atoms with E-state index in [0.29, 0.717) is 6.61 Å². The number of methoxy groups -OCH3 is 1. The number of hydrogen-bond acceptors (Lipinski definition) is 3. The van der Waals surface area contributed by atoms with Crippen molar-refractivity contribution in [2.24, 2.45) is 0 Å². The van der Waals surface area contributed by atoms with Crippen LogP contribution in [0.2, 0.25) is 0 Å². The summed E-state index contributed by atoms with van der Waals surface area (Å²) in [5.41, 5.74) is 1.13. The van der Waals surface area contributed by atoms with Crippen LogP contribution in [0.15, 0.2) is 30.9 Å². The molecule has 0 saturated heterocycles. The van der Waals surface area contributed by atoms with Gasteiger partial charge in [-0.15, -0.1) is 0 Å². The first-order valence-corrected chi connectivity index (χ1v) is 7.93. The second-order valence-corrected chi connectivity index (χ2v) is 5.14. The largest absolute Gasteiger partial charge is 0.493 e. The minimum Gasteiger partial charge on any atom is -0.493 e. The monoisotopic (exact) mass is 291 g/mol. The topological polar surface area (TPSA) is 30.5 Å². The van der Waals surface area contributed by atoms with Crippen molar-refractivity contribution < 1.29 is 9.47 Å². The van der Waals surface area contributed by atoms with Crippen LogP contribution >= 0.6 is 0 Å². The number of hydrogen-bond donors (Lipinski definition) is 1. The first kappa shape index (κ1) is 17.6. The van der Waals surface area contributed by atoms with Gasteiger partial charge in [0.05, 0.1) is 7.11 Å². The summed E-state index contributed by atoms with van der Waals surface area (Å²) in [6.45, 7) is 8.27. The van der Waals surface area contributed by atoms with Gasteiger partial charge in [0.25, 0.3) is 0 Å². The van der Waals surface area contributed by atoms with Gasteiger partial charge < -0.3 is 14.8 Å². The molecule has 0 unspecified atom stereocenters. The van der Waals surface area contributed by atoms with E-state index in [1.807, 2.05) is 12.1 Å². The Labute approximate surface area is 129 Å². The Bertz CT molecular complexity index is 404. The summed E-state index contributed by atoms with van der Waals surface area (Å²) in [6.07, 6.45) is 8.25. The molecule has 1 rings (SSSR count). The molecule has 0 aliphatic carbocycles. The summed E-state index contributed by atoms with van der Waals surface area (Å²) in [6, 6.07) is 6.00. The van der Waals surface area contributed by atoms with Gasteiger partial charge in [0.2, 0.25) is 0 Å². The Kier molecular flexibility index (Phi) is 9.38. The lowest BCUT2D eigenvalue weighted by Crippen LogP contribution is -2.15. The van der Waals surface area contributed by atoms with Crippen LogP contribution in [0.3, 0.4) is 0 Å². The van der Waals surface area contributed by atoms with Gasteiger partial charge in [0, 0.05) is 12.1 Å². The lowest BCUT2D eigenvalue weighted by atomic mass is 10.1. The van der Waals surface area contributed by atoms with Crippen LogP contribution in [0, 0.1) is 0 Å². The lowest BCUT2D eigenvalue weighted by Gasteiger charge is -2.14. The van der Waals surface area contributed by atoms with E-state index in [-0.39, 0.29) is 0 Å². The standard InChI is InChI=1S/C18H29NO2/c1-4-6-7-8-9-13-19-15-16-11-10-12-17(20-3)18(16)21-14-5-2/h5,10-12,19H,2,4,6-9,13-15H2,1,3H3. The van der Waals surface area contributed by atoms with E-state index in [4.69, 9.17) is 9.47 Å². The van der Waals surface area contributed by atoms with Gasteiger partial charge in [-0.25, -0.2) is 0 Å². The predicted octanol–water partition coefficient (Wildman–Crippen LogP) is 4.32. The van der Waals surface area contributed by atoms with E-state index in [0.717, 1.165) is 30.2 Å². The maximum Gasteiger partial charge on any atom is 0.166 e. The van der Waals surface area contributed by atoms with E-state index in [1.54, 1.807) is 13.2 Å². The summed E-state index contributed by atoms with van der Waals surface area (Å²) < 4.78 is 11.1. The van der Waals surface area contributed by atoms with Gasteiger partial charge in [0.1, 0.15) is 6.61 Å². The molecule has 1 N–H and O–H groups in total. The van der Waals surface area contributed by atoms with E-state index >= 15 is 0 Å². The summed E-state index contributed by atoms with van der Waals surface area (Å²) in [4.78, 5) is 0. The molecule has 0 fully saturated rings. The van der Waals surface area contributed by atoms with Crippen molar-refractivity contribution in [1.29, 1.82) is 0 Å². The molecule has 3 nitrogen and oxygen atoms in total. The number of rotatable bonds is 12. The molecule has 0 saturated carbocycles. The van der Waals surface area contributed by atoms with E-state index in [1.165, 1.54) is 32.1 Å². The normalized spacial score (nSPS) is 10.4. The van der Waals surface area contributed by atoms with Crippen molar-refractivity contribution in [2.75, 3.05) is 20.3 Å². The smallest absolute Gasteiger partial charge is 0.166 e. The summed E-state index contributed by atoms with van der Waals surface area (Å²) in [5, 5.41) is 3.49. The SMILES string of the molecule is C=CCOc1c(CNCCCCCCC)cccc1OC. The van der Waals surface area contributed by atoms with Gasteiger partial charge in [0.15, 0.2) is 11.5 Å². The van der Waals surface area contributed by atoms with Crippen LogP contribution in [0.25, 0.3) is 0 Å². The fourth-order valence-electron chi connectivity index (χ4n) is 2.24. The lowest BCUT2D eigenvalue weighted by molar-refractivity contribution is 0.322. The molecule has 0 aromatic heterocycles. The zero-order valence-corrected chi connectivity index (χ0v) is 13.5. The Morgan fingerprint density at radius 3 is 2.71 bits per heavy atom. The summed E-state index contributed by atoms with van der Waals surface area (Å²) >= 11 is 0. The van der Waals surface area contributed by atoms with Crippen LogP contribution < -0.4 is 14.8 Å². The quantitative estimate of drug-likeness (QED) is 0.459. The molecule has 0 spiro atoms. The number of ether oxygens (including phenoxy) is 2.